The third-order valence-electron chi connectivity index (χ3n) is 5.93. The molecule has 3 nitrogen and oxygen atoms in total. The molecule has 1 aromatic rings. The first-order valence-electron chi connectivity index (χ1n) is 12.3. The average Bonchev–Trinajstić information content (AvgIpc) is 2.72. The van der Waals surface area contributed by atoms with Crippen LogP contribution in [-0.4, -0.2) is 36.6 Å². The van der Waals surface area contributed by atoms with Gasteiger partial charge >= 0.3 is 0 Å². The van der Waals surface area contributed by atoms with Gasteiger partial charge in [0, 0.05) is 0 Å². The summed E-state index contributed by atoms with van der Waals surface area (Å²) in [5.74, 6) is -1.12. The molecule has 0 aliphatic rings. The minimum Gasteiger partial charge on any atom is -0.545 e. The minimum absolute atomic E-state index is 0.0600. The van der Waals surface area contributed by atoms with Crippen LogP contribution < -0.4 is 5.11 Å². The maximum Gasteiger partial charge on any atom is 0.0786 e. The van der Waals surface area contributed by atoms with E-state index in [1.165, 1.54) is 82.0 Å². The summed E-state index contributed by atoms with van der Waals surface area (Å²) in [6, 6.07) is 6.81. The van der Waals surface area contributed by atoms with E-state index in [2.05, 4.69) is 48.5 Å². The van der Waals surface area contributed by atoms with Gasteiger partial charge in [-0.2, -0.15) is 0 Å². The molecule has 0 spiro atoms. The molecule has 0 atom stereocenters. The predicted octanol–water partition coefficient (Wildman–Crippen LogP) is 6.35. The zero-order valence-electron chi connectivity index (χ0n) is 21.1. The molecule has 174 valence electrons. The van der Waals surface area contributed by atoms with Gasteiger partial charge in [0.2, 0.25) is 0 Å². The van der Waals surface area contributed by atoms with Crippen molar-refractivity contribution in [3.8, 4) is 0 Å². The van der Waals surface area contributed by atoms with Gasteiger partial charge < -0.3 is 14.4 Å². The second kappa shape index (κ2) is 15.5. The molecule has 30 heavy (non-hydrogen) atoms. The van der Waals surface area contributed by atoms with E-state index in [0.29, 0.717) is 0 Å². The summed E-state index contributed by atoms with van der Waals surface area (Å²) in [4.78, 5) is 10.5. The Labute approximate surface area is 187 Å². The number of aromatic carboxylic acids is 1. The number of unbranched alkanes of at least 4 members (excludes halogenated alkanes) is 4. The number of hydrogen-bond acceptors (Lipinski definition) is 2. The maximum atomic E-state index is 10.5. The number of carboxylic acid groups (broad SMARTS) is 1. The van der Waals surface area contributed by atoms with E-state index in [1.54, 1.807) is 12.1 Å². The summed E-state index contributed by atoms with van der Waals surface area (Å²) in [5.41, 5.74) is 1.41. The van der Waals surface area contributed by atoms with Gasteiger partial charge in [-0.05, 0) is 42.2 Å². The summed E-state index contributed by atoms with van der Waals surface area (Å²) < 4.78 is 1.42. The van der Waals surface area contributed by atoms with Crippen LogP contribution in [0.2, 0.25) is 0 Å². The van der Waals surface area contributed by atoms with Crippen LogP contribution in [0.1, 0.15) is 116 Å². The third-order valence-corrected chi connectivity index (χ3v) is 5.93. The maximum absolute atomic E-state index is 10.5. The fourth-order valence-electron chi connectivity index (χ4n) is 3.75. The second-order valence-corrected chi connectivity index (χ2v) is 9.77. The van der Waals surface area contributed by atoms with Crippen LogP contribution in [0.15, 0.2) is 24.3 Å². The van der Waals surface area contributed by atoms with Crippen molar-refractivity contribution in [2.75, 3.05) is 26.2 Å². The molecule has 0 aliphatic heterocycles. The van der Waals surface area contributed by atoms with Gasteiger partial charge in [-0.15, -0.1) is 0 Å². The molecule has 0 amide bonds. The third kappa shape index (κ3) is 11.7. The summed E-state index contributed by atoms with van der Waals surface area (Å²) in [5, 5.41) is 10.5. The number of hydrogen-bond donors (Lipinski definition) is 0. The molecular weight excluding hydrogens is 370 g/mol. The van der Waals surface area contributed by atoms with Crippen molar-refractivity contribution < 1.29 is 14.4 Å². The highest BCUT2D eigenvalue weighted by Crippen LogP contribution is 2.22. The highest BCUT2D eigenvalue weighted by atomic mass is 16.4. The van der Waals surface area contributed by atoms with Crippen LogP contribution in [0.25, 0.3) is 0 Å². The smallest absolute Gasteiger partial charge is 0.0786 e. The van der Waals surface area contributed by atoms with E-state index in [4.69, 9.17) is 0 Å². The molecule has 0 bridgehead atoms. The van der Waals surface area contributed by atoms with Crippen molar-refractivity contribution >= 4 is 5.97 Å². The molecule has 0 fully saturated rings. The SMILES string of the molecule is CC(C)(C)c1ccc(C(=O)[O-])cc1.CCCC[N+](CCCC)(CCCC)CCCC. The van der Waals surface area contributed by atoms with Gasteiger partial charge in [0.05, 0.1) is 32.1 Å². The summed E-state index contributed by atoms with van der Waals surface area (Å²) in [6.45, 7) is 21.3. The van der Waals surface area contributed by atoms with Gasteiger partial charge in [-0.1, -0.05) is 98.4 Å². The van der Waals surface area contributed by atoms with Crippen molar-refractivity contribution in [3.63, 3.8) is 0 Å². The molecule has 0 aromatic heterocycles. The average molecular weight is 420 g/mol. The first kappa shape index (κ1) is 28.6. The lowest BCUT2D eigenvalue weighted by atomic mass is 9.87. The largest absolute Gasteiger partial charge is 0.545 e. The quantitative estimate of drug-likeness (QED) is 0.349. The molecule has 0 heterocycles. The molecule has 0 aliphatic carbocycles. The second-order valence-electron chi connectivity index (χ2n) is 9.77. The predicted molar refractivity (Wildman–Crippen MR) is 129 cm³/mol. The van der Waals surface area contributed by atoms with Crippen LogP contribution >= 0.6 is 0 Å². The van der Waals surface area contributed by atoms with Crippen molar-refractivity contribution in [2.24, 2.45) is 0 Å². The summed E-state index contributed by atoms with van der Waals surface area (Å²) in [6.07, 6.45) is 11.1. The lowest BCUT2D eigenvalue weighted by molar-refractivity contribution is -0.929. The number of benzene rings is 1. The van der Waals surface area contributed by atoms with Crippen molar-refractivity contribution in [1.29, 1.82) is 0 Å². The Balaban J connectivity index is 0.000000579. The zero-order chi connectivity index (χ0) is 23.0. The van der Waals surface area contributed by atoms with E-state index in [1.807, 2.05) is 12.1 Å². The number of carbonyl (C=O) groups is 1. The first-order valence-corrected chi connectivity index (χ1v) is 12.3. The Hall–Kier alpha value is -1.35. The highest BCUT2D eigenvalue weighted by molar-refractivity contribution is 5.85. The first-order chi connectivity index (χ1) is 14.2. The van der Waals surface area contributed by atoms with Crippen molar-refractivity contribution in [2.45, 2.75) is 105 Å². The number of carbonyl (C=O) groups excluding carboxylic acids is 1. The van der Waals surface area contributed by atoms with Crippen molar-refractivity contribution in [3.05, 3.63) is 35.4 Å². The van der Waals surface area contributed by atoms with Gasteiger partial charge in [0.25, 0.3) is 0 Å². The molecular formula is C27H49NO2. The highest BCUT2D eigenvalue weighted by Gasteiger charge is 2.24. The number of quaternary nitrogens is 1. The van der Waals surface area contributed by atoms with Gasteiger partial charge in [0.15, 0.2) is 0 Å². The normalized spacial score (nSPS) is 11.7. The van der Waals surface area contributed by atoms with E-state index >= 15 is 0 Å². The fourth-order valence-corrected chi connectivity index (χ4v) is 3.75. The molecule has 1 aromatic carbocycles. The van der Waals surface area contributed by atoms with Crippen LogP contribution in [0.3, 0.4) is 0 Å². The van der Waals surface area contributed by atoms with Crippen LogP contribution in [0, 0.1) is 0 Å². The number of carboxylic acids is 1. The lowest BCUT2D eigenvalue weighted by Crippen LogP contribution is -2.50. The molecule has 3 heteroatoms. The van der Waals surface area contributed by atoms with E-state index in [-0.39, 0.29) is 11.0 Å². The monoisotopic (exact) mass is 419 g/mol. The van der Waals surface area contributed by atoms with E-state index in [9.17, 15) is 9.90 Å². The van der Waals surface area contributed by atoms with Crippen LogP contribution in [-0.2, 0) is 5.41 Å². The Kier molecular flexibility index (Phi) is 14.8. The van der Waals surface area contributed by atoms with E-state index < -0.39 is 5.97 Å². The van der Waals surface area contributed by atoms with Crippen LogP contribution in [0.5, 0.6) is 0 Å². The van der Waals surface area contributed by atoms with Gasteiger partial charge in [-0.25, -0.2) is 0 Å². The van der Waals surface area contributed by atoms with Crippen LogP contribution in [0.4, 0.5) is 0 Å². The topological polar surface area (TPSA) is 40.1 Å². The standard InChI is InChI=1S/C16H36N.C11H14O2/c1-5-9-13-17(14-10-6-2,15-11-7-3)16-12-8-4;1-11(2,3)9-6-4-8(5-7-9)10(12)13/h5-16H2,1-4H3;4-7H,1-3H3,(H,12,13)/q+1;/p-1. The zero-order valence-corrected chi connectivity index (χ0v) is 21.1. The van der Waals surface area contributed by atoms with Gasteiger partial charge in [-0.3, -0.25) is 0 Å². The molecule has 1 rings (SSSR count). The Morgan fingerprint density at radius 3 is 1.30 bits per heavy atom. The Morgan fingerprint density at radius 1 is 0.733 bits per heavy atom. The Morgan fingerprint density at radius 2 is 1.07 bits per heavy atom. The Bertz CT molecular complexity index is 520. The molecule has 0 radical (unpaired) electrons. The van der Waals surface area contributed by atoms with Gasteiger partial charge in [0.1, 0.15) is 0 Å². The lowest BCUT2D eigenvalue weighted by Gasteiger charge is -2.39. The number of nitrogens with zero attached hydrogens (tertiary/aromatic N) is 1. The molecule has 0 saturated heterocycles. The molecule has 0 saturated carbocycles. The fraction of sp³-hybridized carbons (Fsp3) is 0.741. The number of rotatable bonds is 13. The molecule has 0 unspecified atom stereocenters. The summed E-state index contributed by atoms with van der Waals surface area (Å²) >= 11 is 0. The van der Waals surface area contributed by atoms with E-state index in [0.717, 1.165) is 5.56 Å². The molecule has 0 N–H and O–H groups in total. The minimum atomic E-state index is -1.12. The summed E-state index contributed by atoms with van der Waals surface area (Å²) in [7, 11) is 0. The van der Waals surface area contributed by atoms with Crippen molar-refractivity contribution in [1.82, 2.24) is 0 Å².